The van der Waals surface area contributed by atoms with E-state index in [4.69, 9.17) is 0 Å². The van der Waals surface area contributed by atoms with Crippen LogP contribution in [0.4, 0.5) is 0 Å². The van der Waals surface area contributed by atoms with Gasteiger partial charge in [0.2, 0.25) is 0 Å². The summed E-state index contributed by atoms with van der Waals surface area (Å²) >= 11 is 0. The minimum atomic E-state index is -0.186. The molecule has 4 nitrogen and oxygen atoms in total. The van der Waals surface area contributed by atoms with Gasteiger partial charge in [-0.05, 0) is 379 Å². The quantitative estimate of drug-likeness (QED) is 0.147. The highest BCUT2D eigenvalue weighted by Gasteiger charge is 2.75. The van der Waals surface area contributed by atoms with E-state index in [0.717, 1.165) is 62.2 Å². The second-order valence-corrected chi connectivity index (χ2v) is 46.2. The Balaban J connectivity index is 0.000000161. The van der Waals surface area contributed by atoms with Crippen LogP contribution in [0.1, 0.15) is 374 Å². The molecule has 4 N–H and O–H groups in total. The van der Waals surface area contributed by atoms with Crippen LogP contribution in [0.5, 0.6) is 0 Å². The Morgan fingerprint density at radius 2 is 0.556 bits per heavy atom. The lowest BCUT2D eigenvalue weighted by atomic mass is 9.34. The average Bonchev–Trinajstić information content (AvgIpc) is 1.68. The van der Waals surface area contributed by atoms with Crippen molar-refractivity contribution >= 4 is 0 Å². The Labute approximate surface area is 614 Å². The standard InChI is InChI=1S/2C32H56O.C31H54O2/c2*1-21(2)12-11-16-28(4,5)23-14-18-32(10)27(23)24(33)20-26-30(8)17-13-22(3)29(6,7)25(30)15-19-31(26,32)9;1-20(2)11-10-15-27(3,4)21-12-17-31(9)26(21)22(32)19-24-29(7)16-14-25(33)28(5,6)23(29)13-18-30(24,31)8/h2*12,22-27,33H,11,13-20H2,1-10H3;11,21-26,32-33H,10,12-19H2,1-9H3/t2*22-,23?,24+,25?,26?,27?,30-,31+,32+;21?,22-,23?,24?,25+,26?,29+,30-,31-/m001/s1. The van der Waals surface area contributed by atoms with Gasteiger partial charge in [-0.15, -0.1) is 0 Å². The van der Waals surface area contributed by atoms with E-state index < -0.39 is 0 Å². The summed E-state index contributed by atoms with van der Waals surface area (Å²) in [5.74, 6) is 8.93. The maximum atomic E-state index is 11.9. The molecule has 0 spiro atoms. The van der Waals surface area contributed by atoms with E-state index in [1.807, 2.05) is 0 Å². The molecule has 0 aromatic rings. The summed E-state index contributed by atoms with van der Waals surface area (Å²) in [5.41, 5.74) is 8.71. The third kappa shape index (κ3) is 12.7. The highest BCUT2D eigenvalue weighted by molar-refractivity contribution is 5.24. The van der Waals surface area contributed by atoms with Gasteiger partial charge in [-0.25, -0.2) is 0 Å². The average molecular weight is 1370 g/mol. The second-order valence-electron chi connectivity index (χ2n) is 46.2. The predicted molar refractivity (Wildman–Crippen MR) is 423 cm³/mol. The highest BCUT2D eigenvalue weighted by atomic mass is 16.3. The number of hydrogen-bond acceptors (Lipinski definition) is 4. The molecule has 0 amide bonds. The number of rotatable bonds is 12. The Kier molecular flexibility index (Phi) is 22.0. The summed E-state index contributed by atoms with van der Waals surface area (Å²) < 4.78 is 0. The summed E-state index contributed by atoms with van der Waals surface area (Å²) in [6.45, 7) is 71.8. The number of aliphatic hydroxyl groups excluding tert-OH is 4. The first-order valence-corrected chi connectivity index (χ1v) is 43.0. The van der Waals surface area contributed by atoms with Crippen molar-refractivity contribution < 1.29 is 20.4 Å². The molecule has 0 aromatic heterocycles. The van der Waals surface area contributed by atoms with Crippen molar-refractivity contribution in [2.45, 2.75) is 399 Å². The zero-order chi connectivity index (χ0) is 73.8. The fourth-order valence-electron chi connectivity index (χ4n) is 32.0. The van der Waals surface area contributed by atoms with Gasteiger partial charge in [-0.1, -0.05) is 194 Å². The van der Waals surface area contributed by atoms with Gasteiger partial charge in [0.15, 0.2) is 0 Å². The SMILES string of the molecule is CC(C)=CCCC(C)(C)C1CC[C@]2(C)C1[C@H](O)CC1[C@@]3(C)CC[C@H](C)C(C)(C)C3CC[C@]12C.CC(C)=CCCC(C)(C)C1CC[C@]2(C)C1[C@H](O)CC1[C@@]3(C)CC[C@H](C)C(C)(C)C3CC[C@]12C.CC(C)=CCCC(C)(C)C1CC[C@]2(C)C1[C@H](O)CC1[C@@]3(C)CC[C@H](O)C(C)(C)C3CC[C@]12C. The summed E-state index contributed by atoms with van der Waals surface area (Å²) in [6, 6.07) is 0. The molecule has 570 valence electrons. The monoisotopic (exact) mass is 1370 g/mol. The van der Waals surface area contributed by atoms with Crippen LogP contribution < -0.4 is 0 Å². The van der Waals surface area contributed by atoms with E-state index in [-0.39, 0.29) is 62.3 Å². The summed E-state index contributed by atoms with van der Waals surface area (Å²) in [6.07, 6.45) is 40.2. The second kappa shape index (κ2) is 27.0. The summed E-state index contributed by atoms with van der Waals surface area (Å²) in [4.78, 5) is 0. The van der Waals surface area contributed by atoms with Crippen molar-refractivity contribution in [3.8, 4) is 0 Å². The lowest BCUT2D eigenvalue weighted by Gasteiger charge is -2.71. The van der Waals surface area contributed by atoms with Crippen LogP contribution in [0.2, 0.25) is 0 Å². The third-order valence-corrected chi connectivity index (χ3v) is 39.3. The normalized spacial score (nSPS) is 49.1. The van der Waals surface area contributed by atoms with E-state index in [1.165, 1.54) is 152 Å². The fraction of sp³-hybridized carbons (Fsp3) is 0.937. The highest BCUT2D eigenvalue weighted by Crippen LogP contribution is 2.81. The first kappa shape index (κ1) is 80.6. The van der Waals surface area contributed by atoms with E-state index in [1.54, 1.807) is 0 Å². The molecule has 99 heavy (non-hydrogen) atoms. The molecule has 0 heterocycles. The predicted octanol–water partition coefficient (Wildman–Crippen LogP) is 25.9. The van der Waals surface area contributed by atoms with Crippen molar-refractivity contribution in [1.29, 1.82) is 0 Å². The van der Waals surface area contributed by atoms with Crippen molar-refractivity contribution in [2.75, 3.05) is 0 Å². The van der Waals surface area contributed by atoms with Crippen molar-refractivity contribution in [2.24, 2.45) is 164 Å². The lowest BCUT2D eigenvalue weighted by molar-refractivity contribution is -0.244. The van der Waals surface area contributed by atoms with Gasteiger partial charge in [-0.2, -0.15) is 0 Å². The van der Waals surface area contributed by atoms with Gasteiger partial charge in [0.1, 0.15) is 0 Å². The summed E-state index contributed by atoms with van der Waals surface area (Å²) in [7, 11) is 0. The molecular weight excluding hydrogens is 1210 g/mol. The first-order valence-electron chi connectivity index (χ1n) is 43.0. The van der Waals surface area contributed by atoms with Gasteiger partial charge < -0.3 is 20.4 Å². The van der Waals surface area contributed by atoms with Crippen molar-refractivity contribution in [1.82, 2.24) is 0 Å². The lowest BCUT2D eigenvalue weighted by Crippen LogP contribution is -2.66. The number of fused-ring (bicyclic) bond motifs is 15. The Bertz CT molecular complexity index is 2630. The minimum absolute atomic E-state index is 0.0256. The zero-order valence-electron chi connectivity index (χ0n) is 71.0. The Morgan fingerprint density at radius 3 is 0.818 bits per heavy atom. The molecule has 12 aliphatic rings. The van der Waals surface area contributed by atoms with Crippen LogP contribution in [0, 0.1) is 164 Å². The number of aliphatic hydroxyl groups is 4. The molecule has 0 aromatic carbocycles. The number of allylic oxidation sites excluding steroid dienone is 6. The molecular formula is C95H166O4. The van der Waals surface area contributed by atoms with E-state index in [9.17, 15) is 20.4 Å². The zero-order valence-corrected chi connectivity index (χ0v) is 71.0. The van der Waals surface area contributed by atoms with Crippen LogP contribution in [0.25, 0.3) is 0 Å². The molecule has 0 radical (unpaired) electrons. The maximum Gasteiger partial charge on any atom is 0.0594 e. The van der Waals surface area contributed by atoms with E-state index in [2.05, 4.69) is 219 Å². The molecule has 4 heteroatoms. The molecule has 12 unspecified atom stereocenters. The molecule has 12 rings (SSSR count). The van der Waals surface area contributed by atoms with Crippen molar-refractivity contribution in [3.05, 3.63) is 34.9 Å². The number of hydrogen-bond donors (Lipinski definition) is 4. The largest absolute Gasteiger partial charge is 0.393 e. The van der Waals surface area contributed by atoms with Crippen LogP contribution in [-0.4, -0.2) is 44.8 Å². The molecule has 12 fully saturated rings. The third-order valence-electron chi connectivity index (χ3n) is 39.3. The molecule has 0 bridgehead atoms. The van der Waals surface area contributed by atoms with Crippen molar-refractivity contribution in [3.63, 3.8) is 0 Å². The fourth-order valence-corrected chi connectivity index (χ4v) is 32.0. The van der Waals surface area contributed by atoms with Gasteiger partial charge in [0, 0.05) is 0 Å². The van der Waals surface area contributed by atoms with E-state index >= 15 is 0 Å². The van der Waals surface area contributed by atoms with E-state index in [0.29, 0.717) is 102 Å². The smallest absolute Gasteiger partial charge is 0.0594 e. The molecule has 27 atom stereocenters. The first-order chi connectivity index (χ1) is 45.3. The van der Waals surface area contributed by atoms with Gasteiger partial charge in [0.05, 0.1) is 24.4 Å². The van der Waals surface area contributed by atoms with Gasteiger partial charge in [-0.3, -0.25) is 0 Å². The topological polar surface area (TPSA) is 80.9 Å². The minimum Gasteiger partial charge on any atom is -0.393 e. The van der Waals surface area contributed by atoms with Gasteiger partial charge in [0.25, 0.3) is 0 Å². The molecule has 12 saturated carbocycles. The maximum absolute atomic E-state index is 11.9. The van der Waals surface area contributed by atoms with Crippen LogP contribution >= 0.6 is 0 Å². The van der Waals surface area contributed by atoms with Crippen LogP contribution in [0.3, 0.4) is 0 Å². The molecule has 12 aliphatic carbocycles. The summed E-state index contributed by atoms with van der Waals surface area (Å²) in [5, 5.41) is 46.6. The molecule has 0 saturated heterocycles. The Hall–Kier alpha value is -0.940. The van der Waals surface area contributed by atoms with Gasteiger partial charge >= 0.3 is 0 Å². The molecule has 0 aliphatic heterocycles. The van der Waals surface area contributed by atoms with Crippen LogP contribution in [0.15, 0.2) is 34.9 Å². The Morgan fingerprint density at radius 1 is 0.313 bits per heavy atom. The van der Waals surface area contributed by atoms with Crippen LogP contribution in [-0.2, 0) is 0 Å².